The molecular weight excluding hydrogens is 293 g/mol. The molecule has 16 heavy (non-hydrogen) atoms. The van der Waals surface area contributed by atoms with Gasteiger partial charge in [-0.2, -0.15) is 0 Å². The Labute approximate surface area is 108 Å². The second-order valence-electron chi connectivity index (χ2n) is 3.57. The first-order chi connectivity index (χ1) is 7.60. The number of nitro groups is 1. The van der Waals surface area contributed by atoms with Crippen LogP contribution >= 0.6 is 27.5 Å². The third-order valence-corrected chi connectivity index (χ3v) is 3.33. The highest BCUT2D eigenvalue weighted by Crippen LogP contribution is 2.30. The smallest absolute Gasteiger partial charge is 0.258 e. The summed E-state index contributed by atoms with van der Waals surface area (Å²) in [7, 11) is 0. The fourth-order valence-electron chi connectivity index (χ4n) is 1.51. The number of hydrogen-bond acceptors (Lipinski definition) is 2. The molecule has 5 heteroatoms. The minimum atomic E-state index is -0.377. The number of halogens is 2. The molecule has 1 aromatic rings. The number of nitro benzene ring substituents is 1. The number of aryl methyl sites for hydroxylation is 1. The summed E-state index contributed by atoms with van der Waals surface area (Å²) in [6, 6.07) is 3.37. The third-order valence-electron chi connectivity index (χ3n) is 2.41. The molecule has 0 atom stereocenters. The third kappa shape index (κ3) is 3.19. The molecule has 0 aliphatic carbocycles. The lowest BCUT2D eigenvalue weighted by Crippen LogP contribution is -1.97. The summed E-state index contributed by atoms with van der Waals surface area (Å²) >= 11 is 9.01. The Morgan fingerprint density at radius 3 is 2.62 bits per heavy atom. The largest absolute Gasteiger partial charge is 0.283 e. The zero-order valence-corrected chi connectivity index (χ0v) is 11.3. The van der Waals surface area contributed by atoms with E-state index in [2.05, 4.69) is 22.9 Å². The van der Waals surface area contributed by atoms with Crippen LogP contribution in [0.4, 0.5) is 5.69 Å². The molecule has 0 aliphatic heterocycles. The molecular formula is C11H13BrClNO2. The second-order valence-corrected chi connectivity index (χ2v) is 4.69. The molecule has 0 amide bonds. The Kier molecular flexibility index (Phi) is 5.22. The van der Waals surface area contributed by atoms with Crippen LogP contribution in [-0.2, 0) is 12.3 Å². The van der Waals surface area contributed by atoms with Crippen molar-refractivity contribution in [1.29, 1.82) is 0 Å². The Bertz CT molecular complexity index is 396. The van der Waals surface area contributed by atoms with Gasteiger partial charge in [0.05, 0.1) is 9.40 Å². The lowest BCUT2D eigenvalue weighted by atomic mass is 10.0. The standard InChI is InChI=1S/C11H13BrClNO2/c1-2-3-4-8-6-11(14(15)16)10(12)5-9(8)7-13/h5-6H,2-4,7H2,1H3. The molecule has 0 aromatic heterocycles. The fourth-order valence-corrected chi connectivity index (χ4v) is 2.29. The predicted octanol–water partition coefficient (Wildman–Crippen LogP) is 4.44. The number of nitrogens with zero attached hydrogens (tertiary/aromatic N) is 1. The Morgan fingerprint density at radius 1 is 1.44 bits per heavy atom. The van der Waals surface area contributed by atoms with E-state index in [1.807, 2.05) is 0 Å². The van der Waals surface area contributed by atoms with E-state index in [1.54, 1.807) is 12.1 Å². The number of alkyl halides is 1. The van der Waals surface area contributed by atoms with Crippen LogP contribution < -0.4 is 0 Å². The van der Waals surface area contributed by atoms with Crippen LogP contribution in [0.3, 0.4) is 0 Å². The van der Waals surface area contributed by atoms with Crippen LogP contribution in [0.5, 0.6) is 0 Å². The molecule has 0 bridgehead atoms. The van der Waals surface area contributed by atoms with Crippen molar-refractivity contribution in [3.63, 3.8) is 0 Å². The molecule has 0 saturated heterocycles. The van der Waals surface area contributed by atoms with E-state index in [0.29, 0.717) is 10.4 Å². The van der Waals surface area contributed by atoms with Crippen molar-refractivity contribution in [2.75, 3.05) is 0 Å². The van der Waals surface area contributed by atoms with Gasteiger partial charge in [0.2, 0.25) is 0 Å². The van der Waals surface area contributed by atoms with E-state index in [4.69, 9.17) is 11.6 Å². The Balaban J connectivity index is 3.12. The first-order valence-electron chi connectivity index (χ1n) is 5.11. The molecule has 1 aromatic carbocycles. The second kappa shape index (κ2) is 6.21. The van der Waals surface area contributed by atoms with Crippen LogP contribution in [0.15, 0.2) is 16.6 Å². The van der Waals surface area contributed by atoms with E-state index < -0.39 is 0 Å². The van der Waals surface area contributed by atoms with Crippen LogP contribution in [0.2, 0.25) is 0 Å². The maximum absolute atomic E-state index is 10.8. The van der Waals surface area contributed by atoms with Gasteiger partial charge in [0.25, 0.3) is 5.69 Å². The molecule has 0 aliphatic rings. The first-order valence-corrected chi connectivity index (χ1v) is 6.44. The van der Waals surface area contributed by atoms with Crippen molar-refractivity contribution in [3.8, 4) is 0 Å². The predicted molar refractivity (Wildman–Crippen MR) is 69.0 cm³/mol. The highest BCUT2D eigenvalue weighted by Gasteiger charge is 2.15. The summed E-state index contributed by atoms with van der Waals surface area (Å²) in [5.74, 6) is 0.385. The lowest BCUT2D eigenvalue weighted by Gasteiger charge is -2.07. The van der Waals surface area contributed by atoms with E-state index in [9.17, 15) is 10.1 Å². The quantitative estimate of drug-likeness (QED) is 0.458. The average molecular weight is 307 g/mol. The van der Waals surface area contributed by atoms with Gasteiger partial charge in [-0.25, -0.2) is 0 Å². The highest BCUT2D eigenvalue weighted by atomic mass is 79.9. The Morgan fingerprint density at radius 2 is 2.12 bits per heavy atom. The summed E-state index contributed by atoms with van der Waals surface area (Å²) in [5.41, 5.74) is 2.05. The van der Waals surface area contributed by atoms with Gasteiger partial charge in [-0.15, -0.1) is 11.6 Å². The molecule has 0 N–H and O–H groups in total. The number of benzene rings is 1. The van der Waals surface area contributed by atoms with Crippen molar-refractivity contribution in [2.45, 2.75) is 32.1 Å². The van der Waals surface area contributed by atoms with E-state index in [-0.39, 0.29) is 10.6 Å². The van der Waals surface area contributed by atoms with Gasteiger partial charge in [0.1, 0.15) is 0 Å². The zero-order chi connectivity index (χ0) is 12.1. The first kappa shape index (κ1) is 13.5. The molecule has 3 nitrogen and oxygen atoms in total. The molecule has 0 unspecified atom stereocenters. The van der Waals surface area contributed by atoms with E-state index >= 15 is 0 Å². The van der Waals surface area contributed by atoms with Crippen molar-refractivity contribution in [1.82, 2.24) is 0 Å². The molecule has 1 rings (SSSR count). The summed E-state index contributed by atoms with van der Waals surface area (Å²) < 4.78 is 0.494. The molecule has 88 valence electrons. The maximum atomic E-state index is 10.8. The maximum Gasteiger partial charge on any atom is 0.283 e. The molecule has 0 heterocycles. The number of hydrogen-bond donors (Lipinski definition) is 0. The summed E-state index contributed by atoms with van der Waals surface area (Å²) in [5, 5.41) is 10.8. The number of rotatable bonds is 5. The van der Waals surface area contributed by atoms with Gasteiger partial charge < -0.3 is 0 Å². The monoisotopic (exact) mass is 305 g/mol. The van der Waals surface area contributed by atoms with Crippen LogP contribution in [0, 0.1) is 10.1 Å². The van der Waals surface area contributed by atoms with Crippen molar-refractivity contribution >= 4 is 33.2 Å². The van der Waals surface area contributed by atoms with Gasteiger partial charge >= 0.3 is 0 Å². The molecule has 0 fully saturated rings. The lowest BCUT2D eigenvalue weighted by molar-refractivity contribution is -0.385. The minimum absolute atomic E-state index is 0.111. The minimum Gasteiger partial charge on any atom is -0.258 e. The molecule has 0 saturated carbocycles. The van der Waals surface area contributed by atoms with Crippen molar-refractivity contribution < 1.29 is 4.92 Å². The van der Waals surface area contributed by atoms with Crippen LogP contribution in [0.25, 0.3) is 0 Å². The van der Waals surface area contributed by atoms with Gasteiger partial charge in [-0.1, -0.05) is 13.3 Å². The van der Waals surface area contributed by atoms with Crippen molar-refractivity contribution in [3.05, 3.63) is 37.8 Å². The highest BCUT2D eigenvalue weighted by molar-refractivity contribution is 9.10. The summed E-state index contributed by atoms with van der Waals surface area (Å²) in [6.07, 6.45) is 2.92. The van der Waals surface area contributed by atoms with E-state index in [1.165, 1.54) is 0 Å². The topological polar surface area (TPSA) is 43.1 Å². The summed E-state index contributed by atoms with van der Waals surface area (Å²) in [4.78, 5) is 10.4. The van der Waals surface area contributed by atoms with Crippen molar-refractivity contribution in [2.24, 2.45) is 0 Å². The van der Waals surface area contributed by atoms with Gasteiger partial charge in [0.15, 0.2) is 0 Å². The summed E-state index contributed by atoms with van der Waals surface area (Å²) in [6.45, 7) is 2.09. The number of unbranched alkanes of at least 4 members (excludes halogenated alkanes) is 1. The fraction of sp³-hybridized carbons (Fsp3) is 0.455. The normalized spacial score (nSPS) is 10.4. The average Bonchev–Trinajstić information content (AvgIpc) is 2.26. The zero-order valence-electron chi connectivity index (χ0n) is 9.00. The molecule has 0 spiro atoms. The molecule has 0 radical (unpaired) electrons. The van der Waals surface area contributed by atoms with Gasteiger partial charge in [0, 0.05) is 11.9 Å². The van der Waals surface area contributed by atoms with Crippen LogP contribution in [0.1, 0.15) is 30.9 Å². The van der Waals surface area contributed by atoms with Gasteiger partial charge in [-0.3, -0.25) is 10.1 Å². The SMILES string of the molecule is CCCCc1cc([N+](=O)[O-])c(Br)cc1CCl. The van der Waals surface area contributed by atoms with E-state index in [0.717, 1.165) is 30.4 Å². The van der Waals surface area contributed by atoms with Crippen LogP contribution in [-0.4, -0.2) is 4.92 Å². The van der Waals surface area contributed by atoms with Gasteiger partial charge in [-0.05, 0) is 46.0 Å². The Hall–Kier alpha value is -0.610.